The van der Waals surface area contributed by atoms with Crippen LogP contribution in [0.2, 0.25) is 0 Å². The van der Waals surface area contributed by atoms with E-state index in [-0.39, 0.29) is 32.6 Å². The molecule has 0 aliphatic heterocycles. The Morgan fingerprint density at radius 2 is 1.70 bits per heavy atom. The number of amides is 1. The SMILES string of the molecule is CCCCC(NC(=O)OC(C)(C)C)c1ccccc1C(C)c1nnc(Nc2ccccc2)[se]1. The molecule has 0 radical (unpaired) electrons. The van der Waals surface area contributed by atoms with Crippen LogP contribution in [0.3, 0.4) is 0 Å². The zero-order valence-corrected chi connectivity index (χ0v) is 21.8. The van der Waals surface area contributed by atoms with Crippen LogP contribution < -0.4 is 10.6 Å². The number of nitrogens with zero attached hydrogens (tertiary/aromatic N) is 2. The molecular weight excluding hydrogens is 479 g/mol. The molecule has 6 nitrogen and oxygen atoms in total. The van der Waals surface area contributed by atoms with Crippen molar-refractivity contribution in [3.05, 3.63) is 70.3 Å². The Morgan fingerprint density at radius 3 is 2.36 bits per heavy atom. The standard InChI is InChI=1S/C26H34N4O2Se/c1-6-7-17-22(28-25(31)32-26(3,4)5)21-16-12-11-15-20(21)18(2)23-29-30-24(33-23)27-19-13-9-8-10-14-19/h8-16,18,22H,6-7,17H2,1-5H3,(H,27,30)(H,28,31). The summed E-state index contributed by atoms with van der Waals surface area (Å²) in [7, 11) is 0. The fourth-order valence-electron chi connectivity index (χ4n) is 3.62. The van der Waals surface area contributed by atoms with Crippen molar-refractivity contribution in [3.8, 4) is 0 Å². The number of rotatable bonds is 9. The van der Waals surface area contributed by atoms with Crippen molar-refractivity contribution < 1.29 is 9.53 Å². The van der Waals surface area contributed by atoms with Gasteiger partial charge in [-0.25, -0.2) is 0 Å². The molecule has 2 aromatic carbocycles. The average molecular weight is 514 g/mol. The van der Waals surface area contributed by atoms with Gasteiger partial charge < -0.3 is 0 Å². The number of nitrogens with one attached hydrogen (secondary N) is 2. The number of carbonyl (C=O) groups is 1. The molecule has 176 valence electrons. The molecule has 1 heterocycles. The molecule has 7 heteroatoms. The summed E-state index contributed by atoms with van der Waals surface area (Å²) in [6.45, 7) is 9.97. The monoisotopic (exact) mass is 514 g/mol. The first kappa shape index (κ1) is 25.0. The minimum absolute atomic E-state index is 0.0138. The van der Waals surface area contributed by atoms with Crippen LogP contribution in [-0.2, 0) is 4.74 Å². The summed E-state index contributed by atoms with van der Waals surface area (Å²) in [5, 5.41) is 15.4. The van der Waals surface area contributed by atoms with E-state index in [4.69, 9.17) is 4.74 Å². The Bertz CT molecular complexity index is 1030. The Kier molecular flexibility index (Phi) is 8.70. The summed E-state index contributed by atoms with van der Waals surface area (Å²) >= 11 is 0.0138. The summed E-state index contributed by atoms with van der Waals surface area (Å²) in [4.78, 5) is 12.6. The third-order valence-electron chi connectivity index (χ3n) is 5.21. The molecule has 33 heavy (non-hydrogen) atoms. The number of ether oxygens (including phenoxy) is 1. The van der Waals surface area contributed by atoms with Gasteiger partial charge in [0.1, 0.15) is 0 Å². The third kappa shape index (κ3) is 7.44. The van der Waals surface area contributed by atoms with E-state index in [0.29, 0.717) is 0 Å². The molecule has 3 rings (SSSR count). The first-order chi connectivity index (χ1) is 15.8. The van der Waals surface area contributed by atoms with Crippen molar-refractivity contribution >= 4 is 31.0 Å². The molecule has 2 atom stereocenters. The number of para-hydroxylation sites is 1. The van der Waals surface area contributed by atoms with Gasteiger partial charge in [-0.05, 0) is 0 Å². The van der Waals surface area contributed by atoms with Crippen LogP contribution in [-0.4, -0.2) is 36.4 Å². The molecule has 0 fully saturated rings. The Labute approximate surface area is 202 Å². The van der Waals surface area contributed by atoms with Crippen LogP contribution in [0.4, 0.5) is 15.2 Å². The predicted octanol–water partition coefficient (Wildman–Crippen LogP) is 6.19. The Balaban J connectivity index is 1.83. The van der Waals surface area contributed by atoms with E-state index in [1.54, 1.807) is 0 Å². The number of aromatic nitrogens is 2. The first-order valence-corrected chi connectivity index (χ1v) is 13.2. The van der Waals surface area contributed by atoms with Gasteiger partial charge in [0.15, 0.2) is 0 Å². The number of unbranched alkanes of at least 4 members (excludes halogenated alkanes) is 1. The van der Waals surface area contributed by atoms with E-state index in [2.05, 4.69) is 46.8 Å². The van der Waals surface area contributed by atoms with Crippen LogP contribution in [0.5, 0.6) is 0 Å². The van der Waals surface area contributed by atoms with Crippen molar-refractivity contribution in [1.29, 1.82) is 0 Å². The number of anilines is 2. The van der Waals surface area contributed by atoms with Crippen molar-refractivity contribution in [1.82, 2.24) is 15.5 Å². The summed E-state index contributed by atoms with van der Waals surface area (Å²) in [6, 6.07) is 18.2. The minimum atomic E-state index is -0.535. The first-order valence-electron chi connectivity index (χ1n) is 11.5. The summed E-state index contributed by atoms with van der Waals surface area (Å²) in [6.07, 6.45) is 2.55. The molecule has 0 aliphatic carbocycles. The molecule has 0 saturated carbocycles. The summed E-state index contributed by atoms with van der Waals surface area (Å²) < 4.78 is 7.52. The van der Waals surface area contributed by atoms with Crippen LogP contribution in [0.1, 0.15) is 81.5 Å². The fourth-order valence-corrected chi connectivity index (χ4v) is 5.37. The molecule has 1 amide bonds. The van der Waals surface area contributed by atoms with Crippen molar-refractivity contribution in [2.75, 3.05) is 5.32 Å². The van der Waals surface area contributed by atoms with Crippen LogP contribution in [0, 0.1) is 0 Å². The average Bonchev–Trinajstić information content (AvgIpc) is 3.24. The van der Waals surface area contributed by atoms with Crippen molar-refractivity contribution in [2.45, 2.75) is 71.4 Å². The molecule has 0 spiro atoms. The van der Waals surface area contributed by atoms with Crippen LogP contribution in [0.25, 0.3) is 0 Å². The van der Waals surface area contributed by atoms with E-state index in [9.17, 15) is 4.79 Å². The summed E-state index contributed by atoms with van der Waals surface area (Å²) in [5.74, 6) is 0.101. The second kappa shape index (κ2) is 11.5. The third-order valence-corrected chi connectivity index (χ3v) is 7.35. The predicted molar refractivity (Wildman–Crippen MR) is 134 cm³/mol. The quantitative estimate of drug-likeness (QED) is 0.334. The molecule has 2 N–H and O–H groups in total. The van der Waals surface area contributed by atoms with Gasteiger partial charge in [-0.2, -0.15) is 0 Å². The molecule has 0 saturated heterocycles. The van der Waals surface area contributed by atoms with E-state index in [1.165, 1.54) is 5.56 Å². The number of hydrogen-bond donors (Lipinski definition) is 2. The van der Waals surface area contributed by atoms with E-state index in [1.807, 2.05) is 63.2 Å². The molecular formula is C26H34N4O2Se. The number of hydrogen-bond acceptors (Lipinski definition) is 5. The van der Waals surface area contributed by atoms with Gasteiger partial charge in [-0.3, -0.25) is 0 Å². The number of carbonyl (C=O) groups excluding carboxylic acids is 1. The number of benzene rings is 2. The van der Waals surface area contributed by atoms with Gasteiger partial charge in [-0.1, -0.05) is 0 Å². The maximum atomic E-state index is 12.6. The van der Waals surface area contributed by atoms with Gasteiger partial charge in [0.25, 0.3) is 0 Å². The maximum absolute atomic E-state index is 12.6. The molecule has 2 unspecified atom stereocenters. The van der Waals surface area contributed by atoms with Gasteiger partial charge in [0.05, 0.1) is 0 Å². The van der Waals surface area contributed by atoms with Gasteiger partial charge >= 0.3 is 203 Å². The Hall–Kier alpha value is -2.63. The molecule has 0 bridgehead atoms. The van der Waals surface area contributed by atoms with E-state index in [0.717, 1.165) is 39.8 Å². The molecule has 0 aliphatic rings. The normalized spacial score (nSPS) is 13.2. The zero-order chi connectivity index (χ0) is 23.8. The van der Waals surface area contributed by atoms with E-state index < -0.39 is 5.60 Å². The van der Waals surface area contributed by atoms with Crippen LogP contribution in [0.15, 0.2) is 54.6 Å². The second-order valence-corrected chi connectivity index (χ2v) is 11.2. The van der Waals surface area contributed by atoms with Crippen LogP contribution >= 0.6 is 0 Å². The van der Waals surface area contributed by atoms with Crippen molar-refractivity contribution in [2.24, 2.45) is 0 Å². The fraction of sp³-hybridized carbons (Fsp3) is 0.423. The number of alkyl carbamates (subject to hydrolysis) is 1. The zero-order valence-electron chi connectivity index (χ0n) is 20.1. The Morgan fingerprint density at radius 1 is 1.03 bits per heavy atom. The van der Waals surface area contributed by atoms with E-state index >= 15 is 0 Å². The summed E-state index contributed by atoms with van der Waals surface area (Å²) in [5.41, 5.74) is 2.77. The topological polar surface area (TPSA) is 76.1 Å². The van der Waals surface area contributed by atoms with Crippen molar-refractivity contribution in [3.63, 3.8) is 0 Å². The van der Waals surface area contributed by atoms with Gasteiger partial charge in [-0.15, -0.1) is 0 Å². The molecule has 3 aromatic rings. The van der Waals surface area contributed by atoms with Gasteiger partial charge in [0, 0.05) is 0 Å². The molecule has 1 aromatic heterocycles. The second-order valence-electron chi connectivity index (χ2n) is 9.13. The van der Waals surface area contributed by atoms with Gasteiger partial charge in [0.2, 0.25) is 0 Å².